The molecule has 2 aliphatic rings. The molecule has 2 unspecified atom stereocenters. The third-order valence-electron chi connectivity index (χ3n) is 6.51. The predicted molar refractivity (Wildman–Crippen MR) is 120 cm³/mol. The number of phenolic OH excluding ortho intramolecular Hbond substituents is 1. The van der Waals surface area contributed by atoms with Crippen molar-refractivity contribution in [2.75, 3.05) is 19.6 Å². The molecule has 2 aromatic carbocycles. The van der Waals surface area contributed by atoms with E-state index in [0.717, 1.165) is 5.56 Å². The summed E-state index contributed by atoms with van der Waals surface area (Å²) >= 11 is 0. The zero-order valence-corrected chi connectivity index (χ0v) is 18.2. The number of carbonyl (C=O) groups excluding carboxylic acids is 3. The van der Waals surface area contributed by atoms with Crippen LogP contribution in [0.1, 0.15) is 48.1 Å². The number of nitrogens with zero attached hydrogens (tertiary/aromatic N) is 2. The van der Waals surface area contributed by atoms with Gasteiger partial charge in [-0.05, 0) is 43.5 Å². The molecular weight excluding hydrogens is 406 g/mol. The third-order valence-corrected chi connectivity index (χ3v) is 6.51. The summed E-state index contributed by atoms with van der Waals surface area (Å²) < 4.78 is 0. The van der Waals surface area contributed by atoms with Gasteiger partial charge in [-0.3, -0.25) is 14.4 Å². The first-order chi connectivity index (χ1) is 15.4. The van der Waals surface area contributed by atoms with Gasteiger partial charge in [0.1, 0.15) is 5.75 Å². The van der Waals surface area contributed by atoms with E-state index in [1.807, 2.05) is 42.2 Å². The molecule has 0 spiro atoms. The van der Waals surface area contributed by atoms with Crippen LogP contribution in [0.5, 0.6) is 5.75 Å². The molecule has 0 radical (unpaired) electrons. The minimum atomic E-state index is -0.313. The van der Waals surface area contributed by atoms with Crippen LogP contribution in [0.15, 0.2) is 54.6 Å². The number of phenols is 1. The van der Waals surface area contributed by atoms with Crippen LogP contribution in [0.25, 0.3) is 0 Å². The standard InChI is InChI=1S/C25H29N3O4/c1-17(18-6-3-2-4-7-18)28-16-20(15-23(28)30)25(32)27-12-10-21(11-13-27)26-24(31)19-8-5-9-22(29)14-19/h2-9,14,17,20-21,29H,10-13,15-16H2,1H3,(H,26,31). The van der Waals surface area contributed by atoms with Gasteiger partial charge < -0.3 is 20.2 Å². The van der Waals surface area contributed by atoms with Gasteiger partial charge >= 0.3 is 0 Å². The van der Waals surface area contributed by atoms with E-state index in [1.165, 1.54) is 12.1 Å². The fourth-order valence-electron chi connectivity index (χ4n) is 4.60. The summed E-state index contributed by atoms with van der Waals surface area (Å²) in [5.74, 6) is -0.434. The fourth-order valence-corrected chi connectivity index (χ4v) is 4.60. The van der Waals surface area contributed by atoms with E-state index in [4.69, 9.17) is 0 Å². The first-order valence-corrected chi connectivity index (χ1v) is 11.2. The number of aromatic hydroxyl groups is 1. The highest BCUT2D eigenvalue weighted by Gasteiger charge is 2.39. The van der Waals surface area contributed by atoms with Crippen LogP contribution in [0, 0.1) is 5.92 Å². The number of hydrogen-bond acceptors (Lipinski definition) is 4. The van der Waals surface area contributed by atoms with Crippen molar-refractivity contribution >= 4 is 17.7 Å². The largest absolute Gasteiger partial charge is 0.508 e. The highest BCUT2D eigenvalue weighted by molar-refractivity contribution is 5.94. The summed E-state index contributed by atoms with van der Waals surface area (Å²) in [4.78, 5) is 41.7. The van der Waals surface area contributed by atoms with Crippen molar-refractivity contribution in [1.82, 2.24) is 15.1 Å². The van der Waals surface area contributed by atoms with Crippen LogP contribution in [0.3, 0.4) is 0 Å². The molecule has 168 valence electrons. The molecule has 0 bridgehead atoms. The van der Waals surface area contributed by atoms with Crippen molar-refractivity contribution < 1.29 is 19.5 Å². The highest BCUT2D eigenvalue weighted by atomic mass is 16.3. The second-order valence-electron chi connectivity index (χ2n) is 8.66. The lowest BCUT2D eigenvalue weighted by Crippen LogP contribution is -2.48. The van der Waals surface area contributed by atoms with Gasteiger partial charge in [-0.25, -0.2) is 0 Å². The minimum Gasteiger partial charge on any atom is -0.508 e. The Labute approximate surface area is 188 Å². The quantitative estimate of drug-likeness (QED) is 0.756. The van der Waals surface area contributed by atoms with Gasteiger partial charge in [-0.15, -0.1) is 0 Å². The average molecular weight is 436 g/mol. The number of hydrogen-bond donors (Lipinski definition) is 2. The summed E-state index contributed by atoms with van der Waals surface area (Å²) in [6.07, 6.45) is 1.59. The van der Waals surface area contributed by atoms with Crippen molar-refractivity contribution in [3.05, 3.63) is 65.7 Å². The van der Waals surface area contributed by atoms with E-state index in [1.54, 1.807) is 17.0 Å². The lowest BCUT2D eigenvalue weighted by Gasteiger charge is -2.34. The molecule has 0 aromatic heterocycles. The van der Waals surface area contributed by atoms with Crippen LogP contribution in [-0.4, -0.2) is 58.3 Å². The molecular formula is C25H29N3O4. The van der Waals surface area contributed by atoms with Crippen molar-refractivity contribution in [3.8, 4) is 5.75 Å². The Balaban J connectivity index is 1.29. The van der Waals surface area contributed by atoms with E-state index >= 15 is 0 Å². The summed E-state index contributed by atoms with van der Waals surface area (Å²) in [5, 5.41) is 12.5. The number of likely N-dealkylation sites (tertiary alicyclic amines) is 2. The monoisotopic (exact) mass is 435 g/mol. The zero-order chi connectivity index (χ0) is 22.7. The number of amides is 3. The highest BCUT2D eigenvalue weighted by Crippen LogP contribution is 2.30. The van der Waals surface area contributed by atoms with Gasteiger partial charge in [0.2, 0.25) is 11.8 Å². The topological polar surface area (TPSA) is 90.0 Å². The maximum Gasteiger partial charge on any atom is 0.251 e. The number of rotatable bonds is 5. The summed E-state index contributed by atoms with van der Waals surface area (Å²) in [6, 6.07) is 16.0. The molecule has 7 heteroatoms. The Bertz CT molecular complexity index is 986. The van der Waals surface area contributed by atoms with Gasteiger partial charge in [0.05, 0.1) is 12.0 Å². The number of nitrogens with one attached hydrogen (secondary N) is 1. The maximum absolute atomic E-state index is 13.1. The Morgan fingerprint density at radius 2 is 1.78 bits per heavy atom. The Morgan fingerprint density at radius 3 is 2.47 bits per heavy atom. The fraction of sp³-hybridized carbons (Fsp3) is 0.400. The van der Waals surface area contributed by atoms with E-state index < -0.39 is 0 Å². The van der Waals surface area contributed by atoms with Crippen LogP contribution >= 0.6 is 0 Å². The van der Waals surface area contributed by atoms with Gasteiger partial charge in [-0.2, -0.15) is 0 Å². The molecule has 0 saturated carbocycles. The van der Waals surface area contributed by atoms with E-state index in [2.05, 4.69) is 5.32 Å². The number of carbonyl (C=O) groups is 3. The van der Waals surface area contributed by atoms with Crippen molar-refractivity contribution in [2.45, 2.75) is 38.3 Å². The summed E-state index contributed by atoms with van der Waals surface area (Å²) in [5.41, 5.74) is 1.48. The average Bonchev–Trinajstić information content (AvgIpc) is 3.20. The molecule has 2 aromatic rings. The molecule has 3 amide bonds. The molecule has 2 atom stereocenters. The van der Waals surface area contributed by atoms with Crippen molar-refractivity contribution in [3.63, 3.8) is 0 Å². The van der Waals surface area contributed by atoms with Crippen LogP contribution < -0.4 is 5.32 Å². The van der Waals surface area contributed by atoms with Crippen LogP contribution in [0.4, 0.5) is 0 Å². The molecule has 2 saturated heterocycles. The van der Waals surface area contributed by atoms with Crippen LogP contribution in [0.2, 0.25) is 0 Å². The number of piperidine rings is 1. The normalized spacial score (nSPS) is 20.3. The predicted octanol–water partition coefficient (Wildman–Crippen LogP) is 2.72. The van der Waals surface area contributed by atoms with Gasteiger partial charge in [-0.1, -0.05) is 36.4 Å². The first kappa shape index (κ1) is 21.9. The van der Waals surface area contributed by atoms with Gasteiger partial charge in [0.15, 0.2) is 0 Å². The molecule has 2 heterocycles. The molecule has 2 aliphatic heterocycles. The van der Waals surface area contributed by atoms with Crippen molar-refractivity contribution in [1.29, 1.82) is 0 Å². The zero-order valence-electron chi connectivity index (χ0n) is 18.2. The smallest absolute Gasteiger partial charge is 0.251 e. The minimum absolute atomic E-state index is 0.0197. The molecule has 2 fully saturated rings. The summed E-state index contributed by atoms with van der Waals surface area (Å²) in [7, 11) is 0. The second kappa shape index (κ2) is 9.42. The Hall–Kier alpha value is -3.35. The van der Waals surface area contributed by atoms with Gasteiger partial charge in [0, 0.05) is 37.7 Å². The third kappa shape index (κ3) is 4.77. The molecule has 4 rings (SSSR count). The maximum atomic E-state index is 13.1. The lowest BCUT2D eigenvalue weighted by atomic mass is 10.0. The molecule has 32 heavy (non-hydrogen) atoms. The Morgan fingerprint density at radius 1 is 1.06 bits per heavy atom. The van der Waals surface area contributed by atoms with Crippen molar-refractivity contribution in [2.24, 2.45) is 5.92 Å². The van der Waals surface area contributed by atoms with E-state index in [0.29, 0.717) is 38.0 Å². The van der Waals surface area contributed by atoms with E-state index in [9.17, 15) is 19.5 Å². The van der Waals surface area contributed by atoms with Crippen LogP contribution in [-0.2, 0) is 9.59 Å². The van der Waals surface area contributed by atoms with Gasteiger partial charge in [0.25, 0.3) is 5.91 Å². The SMILES string of the molecule is CC(c1ccccc1)N1CC(C(=O)N2CCC(NC(=O)c3cccc(O)c3)CC2)CC1=O. The lowest BCUT2D eigenvalue weighted by molar-refractivity contribution is -0.136. The molecule has 7 nitrogen and oxygen atoms in total. The molecule has 2 N–H and O–H groups in total. The molecule has 0 aliphatic carbocycles. The second-order valence-corrected chi connectivity index (χ2v) is 8.66. The Kier molecular flexibility index (Phi) is 6.44. The summed E-state index contributed by atoms with van der Waals surface area (Å²) in [6.45, 7) is 3.56. The first-order valence-electron chi connectivity index (χ1n) is 11.2. The van der Waals surface area contributed by atoms with E-state index in [-0.39, 0.29) is 47.9 Å². The number of benzene rings is 2.